The monoisotopic (exact) mass is 340 g/mol. The van der Waals surface area contributed by atoms with Gasteiger partial charge in [-0.15, -0.1) is 0 Å². The van der Waals surface area contributed by atoms with Gasteiger partial charge in [0.1, 0.15) is 5.69 Å². The van der Waals surface area contributed by atoms with Gasteiger partial charge in [-0.2, -0.15) is 5.10 Å². The third-order valence-corrected chi connectivity index (χ3v) is 2.91. The van der Waals surface area contributed by atoms with E-state index < -0.39 is 6.09 Å². The number of alkyl carbamates (subject to hydrolysis) is 1. The maximum absolute atomic E-state index is 11.2. The van der Waals surface area contributed by atoms with E-state index in [0.717, 1.165) is 5.56 Å². The number of amides is 1. The predicted molar refractivity (Wildman–Crippen MR) is 85.6 cm³/mol. The number of ether oxygens (including phenoxy) is 1. The van der Waals surface area contributed by atoms with Crippen molar-refractivity contribution in [2.24, 2.45) is 7.05 Å². The quantitative estimate of drug-likeness (QED) is 0.825. The second-order valence-corrected chi connectivity index (χ2v) is 4.86. The molecule has 0 aliphatic carbocycles. The van der Waals surface area contributed by atoms with Crippen molar-refractivity contribution < 1.29 is 9.53 Å². The summed E-state index contributed by atoms with van der Waals surface area (Å²) in [6.45, 7) is 1.94. The molecule has 1 amide bonds. The van der Waals surface area contributed by atoms with Gasteiger partial charge >= 0.3 is 6.09 Å². The molecule has 0 aromatic carbocycles. The number of carbonyl (C=O) groups excluding carboxylic acids is 1. The highest BCUT2D eigenvalue weighted by Gasteiger charge is 2.11. The van der Waals surface area contributed by atoms with E-state index in [-0.39, 0.29) is 16.9 Å². The van der Waals surface area contributed by atoms with Gasteiger partial charge in [0.15, 0.2) is 16.1 Å². The molecule has 10 heteroatoms. The third-order valence-electron chi connectivity index (χ3n) is 2.44. The van der Waals surface area contributed by atoms with Crippen LogP contribution in [0.15, 0.2) is 18.6 Å². The van der Waals surface area contributed by atoms with Gasteiger partial charge in [-0.1, -0.05) is 11.6 Å². The first-order valence-corrected chi connectivity index (χ1v) is 7.04. The molecule has 0 saturated carbocycles. The van der Waals surface area contributed by atoms with Crippen molar-refractivity contribution in [3.63, 3.8) is 0 Å². The average molecular weight is 341 g/mol. The van der Waals surface area contributed by atoms with Gasteiger partial charge < -0.3 is 10.1 Å². The number of nitrogens with one attached hydrogen (secondary N) is 2. The maximum Gasteiger partial charge on any atom is 0.413 e. The summed E-state index contributed by atoms with van der Waals surface area (Å²) in [5.74, 6) is 0.305. The summed E-state index contributed by atoms with van der Waals surface area (Å²) >= 11 is 11.1. The van der Waals surface area contributed by atoms with E-state index in [1.807, 2.05) is 0 Å². The van der Waals surface area contributed by atoms with Crippen LogP contribution in [0.25, 0.3) is 11.3 Å². The number of anilines is 1. The second-order valence-electron chi connectivity index (χ2n) is 4.10. The molecule has 0 radical (unpaired) electrons. The topological polar surface area (TPSA) is 94.0 Å². The number of rotatable bonds is 3. The summed E-state index contributed by atoms with van der Waals surface area (Å²) in [4.78, 5) is 19.6. The molecule has 0 atom stereocenters. The van der Waals surface area contributed by atoms with Crippen LogP contribution in [0.2, 0.25) is 5.15 Å². The van der Waals surface area contributed by atoms with E-state index >= 15 is 0 Å². The highest BCUT2D eigenvalue weighted by atomic mass is 35.5. The van der Waals surface area contributed by atoms with E-state index in [9.17, 15) is 4.79 Å². The highest BCUT2D eigenvalue weighted by molar-refractivity contribution is 7.80. The Morgan fingerprint density at radius 2 is 2.27 bits per heavy atom. The zero-order valence-corrected chi connectivity index (χ0v) is 13.4. The zero-order chi connectivity index (χ0) is 16.1. The first-order chi connectivity index (χ1) is 10.5. The molecule has 2 rings (SSSR count). The molecule has 2 N–H and O–H groups in total. The van der Waals surface area contributed by atoms with Crippen LogP contribution in [0.4, 0.5) is 10.6 Å². The molecular weight excluding hydrogens is 328 g/mol. The molecule has 0 saturated heterocycles. The van der Waals surface area contributed by atoms with E-state index in [1.165, 1.54) is 6.20 Å². The van der Waals surface area contributed by atoms with Gasteiger partial charge in [0, 0.05) is 18.8 Å². The minimum Gasteiger partial charge on any atom is -0.450 e. The number of halogens is 1. The number of nitrogens with zero attached hydrogens (tertiary/aromatic N) is 4. The van der Waals surface area contributed by atoms with Crippen molar-refractivity contribution in [1.82, 2.24) is 25.1 Å². The lowest BCUT2D eigenvalue weighted by molar-refractivity contribution is 0.158. The minimum atomic E-state index is -0.647. The molecule has 0 bridgehead atoms. The van der Waals surface area contributed by atoms with Crippen molar-refractivity contribution >= 4 is 40.8 Å². The Balaban J connectivity index is 2.06. The van der Waals surface area contributed by atoms with E-state index in [0.29, 0.717) is 11.5 Å². The third kappa shape index (κ3) is 4.12. The fourth-order valence-corrected chi connectivity index (χ4v) is 2.01. The summed E-state index contributed by atoms with van der Waals surface area (Å²) in [5.41, 5.74) is 1.25. The molecule has 0 spiro atoms. The number of aryl methyl sites for hydroxylation is 1. The molecule has 0 aliphatic heterocycles. The van der Waals surface area contributed by atoms with Crippen LogP contribution in [-0.4, -0.2) is 37.6 Å². The summed E-state index contributed by atoms with van der Waals surface area (Å²) in [6, 6.07) is 0. The Bertz CT molecular complexity index is 705. The van der Waals surface area contributed by atoms with Crippen molar-refractivity contribution in [2.75, 3.05) is 11.9 Å². The minimum absolute atomic E-state index is 0.0398. The average Bonchev–Trinajstić information content (AvgIpc) is 2.85. The number of hydrogen-bond acceptors (Lipinski definition) is 6. The van der Waals surface area contributed by atoms with Crippen LogP contribution < -0.4 is 10.6 Å². The molecule has 116 valence electrons. The summed E-state index contributed by atoms with van der Waals surface area (Å²) in [7, 11) is 1.79. The summed E-state index contributed by atoms with van der Waals surface area (Å²) in [6.07, 6.45) is 4.21. The van der Waals surface area contributed by atoms with Gasteiger partial charge in [0.2, 0.25) is 0 Å². The van der Waals surface area contributed by atoms with Crippen molar-refractivity contribution in [3.8, 4) is 11.3 Å². The summed E-state index contributed by atoms with van der Waals surface area (Å²) < 4.78 is 6.34. The largest absolute Gasteiger partial charge is 0.450 e. The lowest BCUT2D eigenvalue weighted by Gasteiger charge is -2.09. The number of carbonyl (C=O) groups is 1. The lowest BCUT2D eigenvalue weighted by Crippen LogP contribution is -2.34. The fraction of sp³-hybridized carbons (Fsp3) is 0.250. The van der Waals surface area contributed by atoms with E-state index in [1.54, 1.807) is 31.0 Å². The smallest absolute Gasteiger partial charge is 0.413 e. The van der Waals surface area contributed by atoms with E-state index in [4.69, 9.17) is 28.6 Å². The SMILES string of the molecule is CCOC(=O)NC(=S)Nc1cnc(-c2cnn(C)c2)c(Cl)n1. The van der Waals surface area contributed by atoms with Gasteiger partial charge in [-0.25, -0.2) is 14.8 Å². The molecule has 2 aromatic heterocycles. The molecule has 0 unspecified atom stereocenters. The molecular formula is C12H13ClN6O2S. The van der Waals surface area contributed by atoms with Crippen LogP contribution in [0.5, 0.6) is 0 Å². The molecule has 0 fully saturated rings. The Hall–Kier alpha value is -2.26. The second kappa shape index (κ2) is 7.14. The lowest BCUT2D eigenvalue weighted by atomic mass is 10.3. The molecule has 2 heterocycles. The van der Waals surface area contributed by atoms with Gasteiger partial charge in [0.05, 0.1) is 19.0 Å². The Labute approximate surface area is 136 Å². The molecule has 8 nitrogen and oxygen atoms in total. The van der Waals surface area contributed by atoms with Crippen molar-refractivity contribution in [2.45, 2.75) is 6.92 Å². The first-order valence-electron chi connectivity index (χ1n) is 6.26. The van der Waals surface area contributed by atoms with Gasteiger partial charge in [0.25, 0.3) is 0 Å². The van der Waals surface area contributed by atoms with Crippen LogP contribution in [0.1, 0.15) is 6.92 Å². The molecule has 0 aliphatic rings. The van der Waals surface area contributed by atoms with Crippen LogP contribution in [0.3, 0.4) is 0 Å². The number of thiocarbonyl (C=S) groups is 1. The van der Waals surface area contributed by atoms with Crippen LogP contribution in [-0.2, 0) is 11.8 Å². The Kier molecular flexibility index (Phi) is 5.23. The van der Waals surface area contributed by atoms with Crippen LogP contribution >= 0.6 is 23.8 Å². The Morgan fingerprint density at radius 3 is 2.86 bits per heavy atom. The number of aromatic nitrogens is 4. The first kappa shape index (κ1) is 16.1. The zero-order valence-electron chi connectivity index (χ0n) is 11.8. The number of hydrogen-bond donors (Lipinski definition) is 2. The van der Waals surface area contributed by atoms with Crippen LogP contribution in [0, 0.1) is 0 Å². The summed E-state index contributed by atoms with van der Waals surface area (Å²) in [5, 5.41) is 9.31. The highest BCUT2D eigenvalue weighted by Crippen LogP contribution is 2.24. The molecule has 22 heavy (non-hydrogen) atoms. The Morgan fingerprint density at radius 1 is 1.50 bits per heavy atom. The van der Waals surface area contributed by atoms with Gasteiger partial charge in [-0.05, 0) is 19.1 Å². The van der Waals surface area contributed by atoms with Crippen molar-refractivity contribution in [3.05, 3.63) is 23.7 Å². The fourth-order valence-electron chi connectivity index (χ4n) is 1.57. The normalized spacial score (nSPS) is 10.1. The predicted octanol–water partition coefficient (Wildman–Crippen LogP) is 1.97. The standard InChI is InChI=1S/C12H13ClN6O2S/c1-3-21-12(20)18-11(22)17-8-5-14-9(10(13)16-8)7-4-15-19(2)6-7/h4-6H,3H2,1-2H3,(H2,16,17,18,20,22). The maximum atomic E-state index is 11.2. The van der Waals surface area contributed by atoms with E-state index in [2.05, 4.69) is 25.7 Å². The molecule has 2 aromatic rings. The van der Waals surface area contributed by atoms with Crippen molar-refractivity contribution in [1.29, 1.82) is 0 Å². The van der Waals surface area contributed by atoms with Gasteiger partial charge in [-0.3, -0.25) is 10.00 Å².